The van der Waals surface area contributed by atoms with Crippen LogP contribution in [0.2, 0.25) is 32.2 Å². The van der Waals surface area contributed by atoms with Gasteiger partial charge in [-0.3, -0.25) is 67.5 Å². The van der Waals surface area contributed by atoms with Gasteiger partial charge in [0.15, 0.2) is 20.1 Å². The number of carboxylic acid groups (broad SMARTS) is 2. The lowest BCUT2D eigenvalue weighted by Crippen LogP contribution is -2.78. The molecule has 4 bridgehead atoms. The van der Waals surface area contributed by atoms with Crippen LogP contribution in [-0.2, 0) is 82.4 Å². The number of H-pyrrole nitrogens is 1. The number of aliphatic carboxylic acids is 2. The number of aromatic nitrogens is 1. The van der Waals surface area contributed by atoms with Crippen molar-refractivity contribution in [1.82, 2.24) is 56.9 Å². The smallest absolute Gasteiger partial charge is 0.325 e. The van der Waals surface area contributed by atoms with Crippen LogP contribution in [0.15, 0.2) is 102 Å². The van der Waals surface area contributed by atoms with Gasteiger partial charge in [-0.25, -0.2) is 0 Å². The number of guanidine groups is 1. The van der Waals surface area contributed by atoms with Gasteiger partial charge in [0.25, 0.3) is 0 Å². The van der Waals surface area contributed by atoms with Crippen LogP contribution in [0.3, 0.4) is 0 Å². The molecule has 4 aromatic carbocycles. The maximum atomic E-state index is 14.9. The second kappa shape index (κ2) is 36.0. The molecule has 662 valence electrons. The number of nitrogens with zero attached hydrogens (tertiary/aromatic N) is 5. The number of para-hydroxylation sites is 1. The summed E-state index contributed by atoms with van der Waals surface area (Å²) < 4.78 is 13.5. The number of rotatable bonds is 28. The Morgan fingerprint density at radius 3 is 2.20 bits per heavy atom. The maximum Gasteiger partial charge on any atom is 0.325 e. The highest BCUT2D eigenvalue weighted by Crippen LogP contribution is 2.68. The van der Waals surface area contributed by atoms with Gasteiger partial charge in [-0.15, -0.1) is 0 Å². The Balaban J connectivity index is 0.634. The van der Waals surface area contributed by atoms with E-state index in [-0.39, 0.29) is 87.9 Å². The minimum atomic E-state index is -2.96. The predicted molar refractivity (Wildman–Crippen MR) is 463 cm³/mol. The first kappa shape index (κ1) is 90.3. The average Bonchev–Trinajstić information content (AvgIpc) is 1.49. The molecule has 8 amide bonds. The number of aliphatic imine (C=N–C) groups is 1. The molecule has 1 aromatic heterocycles. The lowest BCUT2D eigenvalue weighted by atomic mass is 9.47. The molecule has 33 nitrogen and oxygen atoms in total. The minimum Gasteiger partial charge on any atom is -0.496 e. The predicted octanol–water partition coefficient (Wildman–Crippen LogP) is 2.39. The number of hydrogen-bond acceptors (Lipinski definition) is 20. The molecule has 5 aromatic rings. The number of benzene rings is 4. The molecule has 1 spiro atoms. The number of carbonyl (C=O) groups excluding carboxylic acids is 9. The third-order valence-electron chi connectivity index (χ3n) is 27.2. The number of ketones is 1. The van der Waals surface area contributed by atoms with E-state index in [9.17, 15) is 78.3 Å². The highest BCUT2D eigenvalue weighted by Gasteiger charge is 2.76. The first-order valence-electron chi connectivity index (χ1n) is 42.8. The summed E-state index contributed by atoms with van der Waals surface area (Å²) in [5.41, 5.74) is 14.0. The van der Waals surface area contributed by atoms with E-state index in [0.29, 0.717) is 55.5 Å². The number of piperidine rings is 1. The molecule has 17 N–H and O–H groups in total. The third-order valence-corrected chi connectivity index (χ3v) is 34.6. The van der Waals surface area contributed by atoms with Gasteiger partial charge < -0.3 is 97.9 Å². The summed E-state index contributed by atoms with van der Waals surface area (Å²) in [6, 6.07) is 18.8. The molecule has 8 aliphatic heterocycles. The van der Waals surface area contributed by atoms with Crippen molar-refractivity contribution in [3.63, 3.8) is 0 Å². The van der Waals surface area contributed by atoms with E-state index in [1.165, 1.54) is 10.9 Å². The molecule has 1 aliphatic carbocycles. The van der Waals surface area contributed by atoms with Crippen LogP contribution in [0.4, 0.5) is 5.69 Å². The third kappa shape index (κ3) is 18.4. The number of nitrogens with one attached hydrogen (secondary N) is 8. The molecular weight excluding hydrogens is 1610 g/mol. The highest BCUT2D eigenvalue weighted by atomic mass is 28.4. The molecule has 0 radical (unpaired) electrons. The quantitative estimate of drug-likeness (QED) is 0.00650. The van der Waals surface area contributed by atoms with E-state index in [0.717, 1.165) is 76.3 Å². The summed E-state index contributed by atoms with van der Waals surface area (Å²) in [6.45, 7) is 16.5. The van der Waals surface area contributed by atoms with E-state index >= 15 is 0 Å². The summed E-state index contributed by atoms with van der Waals surface area (Å²) in [4.78, 5) is 164. The van der Waals surface area contributed by atoms with Crippen LogP contribution in [0, 0.1) is 11.3 Å². The fourth-order valence-electron chi connectivity index (χ4n) is 21.6. The molecule has 5 saturated heterocycles. The maximum absolute atomic E-state index is 14.9. The SMILES string of the molecule is CC[C@]1(O)C[C@H]2CN(CCc3c([nH]c4ccccc34)[C@@](C)(c3cc4c(cc3OC)N(C)[C@H]3[C@@](O)(CCC(=O)c5ccc([Si](C)(C)O[Si](C)(C)CC(NC(=O)CCC(=O)NCc6ccc(CN7C(=O)[C@H]8CC(=O)N[C@@H](CCCN=C(N)N)C(=O)NCC(=O)N[C@@H](CC(=O)O)C(=O)NC[C@H]7C(=O)N8)cc6)C(=O)O)cc5)[C@H](O)[C@]5(CC)C=CCN6CC[C@]43[C@H]65)C2)C1. The Labute approximate surface area is 717 Å². The number of carbonyl (C=O) groups is 11. The summed E-state index contributed by atoms with van der Waals surface area (Å²) in [5.74, 6) is -8.63. The molecule has 14 rings (SSSR count). The second-order valence-electron chi connectivity index (χ2n) is 36.4. The lowest BCUT2D eigenvalue weighted by Gasteiger charge is -2.64. The van der Waals surface area contributed by atoms with Gasteiger partial charge in [-0.2, -0.15) is 0 Å². The van der Waals surface area contributed by atoms with Crippen LogP contribution in [-0.4, -0.2) is 259 Å². The Kier molecular flexibility index (Phi) is 26.5. The number of anilines is 1. The van der Waals surface area contributed by atoms with Gasteiger partial charge in [-0.1, -0.05) is 92.7 Å². The number of methoxy groups -OCH3 is 1. The zero-order valence-electron chi connectivity index (χ0n) is 71.5. The molecule has 6 fully saturated rings. The van der Waals surface area contributed by atoms with Gasteiger partial charge in [0.1, 0.15) is 41.6 Å². The number of ether oxygens (including phenoxy) is 1. The lowest BCUT2D eigenvalue weighted by molar-refractivity contribution is -0.201. The van der Waals surface area contributed by atoms with Gasteiger partial charge in [0.2, 0.25) is 55.6 Å². The molecule has 1 saturated carbocycles. The number of Topliss-reactive ketones (excluding diaryl/α,β-unsaturated/α-hetero) is 1. The van der Waals surface area contributed by atoms with E-state index in [2.05, 4.69) is 131 Å². The van der Waals surface area contributed by atoms with Crippen molar-refractivity contribution in [2.45, 2.75) is 226 Å². The number of nitrogens with two attached hydrogens (primary N) is 2. The Hall–Kier alpha value is -10.4. The Bertz CT molecular complexity index is 4980. The van der Waals surface area contributed by atoms with E-state index in [4.69, 9.17) is 20.3 Å². The van der Waals surface area contributed by atoms with Crippen LogP contribution in [0.5, 0.6) is 5.75 Å². The van der Waals surface area contributed by atoms with E-state index in [1.807, 2.05) is 45.4 Å². The second-order valence-corrected chi connectivity index (χ2v) is 44.7. The van der Waals surface area contributed by atoms with Crippen molar-refractivity contribution in [1.29, 1.82) is 0 Å². The fraction of sp³-hybridized carbons (Fsp3) is 0.545. The first-order valence-corrected chi connectivity index (χ1v) is 48.9. The zero-order chi connectivity index (χ0) is 88.6. The number of piperazine rings is 1. The topological polar surface area (TPSA) is 485 Å². The highest BCUT2D eigenvalue weighted by molar-refractivity contribution is 6.92. The van der Waals surface area contributed by atoms with Crippen molar-refractivity contribution in [3.05, 3.63) is 136 Å². The van der Waals surface area contributed by atoms with Crippen molar-refractivity contribution >= 4 is 109 Å². The molecule has 35 heteroatoms. The molecule has 123 heavy (non-hydrogen) atoms. The number of fused-ring (bicyclic) bond motifs is 20. The van der Waals surface area contributed by atoms with Crippen molar-refractivity contribution in [2.75, 3.05) is 71.4 Å². The van der Waals surface area contributed by atoms with Crippen LogP contribution >= 0.6 is 0 Å². The minimum absolute atomic E-state index is 0.0183. The van der Waals surface area contributed by atoms with Gasteiger partial charge in [-0.05, 0) is 149 Å². The normalized spacial score (nSPS) is 28.7. The largest absolute Gasteiger partial charge is 0.496 e. The van der Waals surface area contributed by atoms with E-state index < -0.39 is 172 Å². The molecular formula is C88H119N15O18Si2. The van der Waals surface area contributed by atoms with Gasteiger partial charge in [0, 0.05) is 140 Å². The average molecular weight is 1730 g/mol. The van der Waals surface area contributed by atoms with Crippen molar-refractivity contribution < 1.29 is 87.1 Å². The van der Waals surface area contributed by atoms with Crippen molar-refractivity contribution in [3.8, 4) is 5.75 Å². The van der Waals surface area contributed by atoms with E-state index in [1.54, 1.807) is 43.5 Å². The summed E-state index contributed by atoms with van der Waals surface area (Å²) in [5, 5.41) is 79.1. The van der Waals surface area contributed by atoms with Crippen LogP contribution < -0.4 is 63.5 Å². The number of aliphatic hydroxyl groups excluding tert-OH is 1. The molecule has 15 atom stereocenters. The molecule has 9 heterocycles. The number of likely N-dealkylation sites (N-methyl/N-ethyl adjacent to an activating group) is 1. The van der Waals surface area contributed by atoms with Crippen LogP contribution in [0.1, 0.15) is 148 Å². The number of aromatic amines is 1. The monoisotopic (exact) mass is 1730 g/mol. The van der Waals surface area contributed by atoms with Gasteiger partial charge >= 0.3 is 11.9 Å². The number of amides is 8. The van der Waals surface area contributed by atoms with Gasteiger partial charge in [0.05, 0.1) is 44.2 Å². The van der Waals surface area contributed by atoms with Crippen LogP contribution in [0.25, 0.3) is 10.9 Å². The summed E-state index contributed by atoms with van der Waals surface area (Å²) in [7, 11) is -2.11. The number of hydrogen-bond donors (Lipinski definition) is 15. The standard InChI is InChI=1S/C88H119N15O18Si2/c1-10-85(118)43-53-42-84(3,74-57(30-36-101(47-53)50-85)56-16-12-13-17-60(56)98-74)59-38-58-65(41-68(59)120-5)100(4)81-87(58)33-37-102-35-15-31-86(11-2,80(87)102)82(117)88(81,119)32-29-67(104)54-23-25-55(26-24-54)123(8,9)121-122(6,7)49-64(79(115)116)97-70(106)28-27-69(105)92-44-51-19-21-52(22-20-51)48-103-66-45-93-76(112)62(40-73(109)110)96-72(108)46-94-75(111)61(18-14-34-91-83(89)90)95-71(107)39-63(78(103)114)99-77(66)113/h12-13,15-17,19-26,31,38,41,53,61-64,66,80-82,98,117-119H,10-11,14,18,27-30,32-37,39-40,42-50H2,1-9H3,(H,92,105)(H,93,112)(H,94,111)(H,95,107)(H,96,108)(H,97,106)(H,99,113)(H,109,110)(H,115,116)(H4,89,90,91)/t53-,61-,62-,63+,64?,66-,80+,81+,82+,84+,85-,86+,87+,88-/m0/s1. The first-order chi connectivity index (χ1) is 58.3. The molecule has 2 unspecified atom stereocenters. The fourth-order valence-corrected chi connectivity index (χ4v) is 30.2. The Morgan fingerprint density at radius 1 is 0.797 bits per heavy atom. The summed E-state index contributed by atoms with van der Waals surface area (Å²) >= 11 is 0. The van der Waals surface area contributed by atoms with Crippen molar-refractivity contribution in [2.24, 2.45) is 27.8 Å². The summed E-state index contributed by atoms with van der Waals surface area (Å²) in [6.07, 6.45) is 5.00. The zero-order valence-corrected chi connectivity index (χ0v) is 73.5. The Morgan fingerprint density at radius 2 is 1.50 bits per heavy atom. The number of aliphatic hydroxyl groups is 3. The molecule has 9 aliphatic rings. The number of carboxylic acids is 2.